The van der Waals surface area contributed by atoms with Crippen LogP contribution in [-0.2, 0) is 4.79 Å². The van der Waals surface area contributed by atoms with Crippen molar-refractivity contribution in [1.82, 2.24) is 9.55 Å². The molecule has 0 aliphatic carbocycles. The first-order valence-electron chi connectivity index (χ1n) is 9.25. The average Bonchev–Trinajstić information content (AvgIpc) is 2.72. The first-order chi connectivity index (χ1) is 14.5. The number of hydrogen-bond donors (Lipinski definition) is 0. The smallest absolute Gasteiger partial charge is 0.308 e. The molecule has 0 radical (unpaired) electrons. The second-order valence-electron chi connectivity index (χ2n) is 6.61. The standard InChI is InChI=1S/C24H17ClN2O3/c1-16(28)30-20-9-4-6-17(14-20)12-13-23-26-22-11-3-2-10-21(22)24(29)27(23)19-8-5-7-18(25)15-19/h2-15H,1H3/b13-12+. The number of nitrogens with zero attached hydrogens (tertiary/aromatic N) is 2. The van der Waals surface area contributed by atoms with E-state index in [0.717, 1.165) is 5.56 Å². The van der Waals surface area contributed by atoms with Gasteiger partial charge >= 0.3 is 5.97 Å². The molecule has 5 nitrogen and oxygen atoms in total. The van der Waals surface area contributed by atoms with Crippen LogP contribution in [0.3, 0.4) is 0 Å². The first-order valence-corrected chi connectivity index (χ1v) is 9.63. The Balaban J connectivity index is 1.86. The van der Waals surface area contributed by atoms with Gasteiger partial charge in [0.1, 0.15) is 11.6 Å². The Kier molecular flexibility index (Phi) is 5.46. The zero-order chi connectivity index (χ0) is 21.1. The van der Waals surface area contributed by atoms with Crippen LogP contribution in [0, 0.1) is 0 Å². The molecule has 1 aromatic heterocycles. The predicted octanol–water partition coefficient (Wildman–Crippen LogP) is 5.13. The van der Waals surface area contributed by atoms with Crippen LogP contribution in [0.15, 0.2) is 77.6 Å². The van der Waals surface area contributed by atoms with Crippen LogP contribution < -0.4 is 10.3 Å². The van der Waals surface area contributed by atoms with Crippen LogP contribution in [0.5, 0.6) is 5.75 Å². The van der Waals surface area contributed by atoms with Crippen molar-refractivity contribution in [3.8, 4) is 11.4 Å². The van der Waals surface area contributed by atoms with E-state index in [1.54, 1.807) is 54.6 Å². The minimum Gasteiger partial charge on any atom is -0.427 e. The highest BCUT2D eigenvalue weighted by Gasteiger charge is 2.11. The Morgan fingerprint density at radius 1 is 1.00 bits per heavy atom. The summed E-state index contributed by atoms with van der Waals surface area (Å²) in [6.07, 6.45) is 3.56. The maximum Gasteiger partial charge on any atom is 0.308 e. The molecule has 3 aromatic carbocycles. The van der Waals surface area contributed by atoms with E-state index >= 15 is 0 Å². The molecule has 0 aliphatic heterocycles. The molecule has 0 fully saturated rings. The number of fused-ring (bicyclic) bond motifs is 1. The molecule has 0 bridgehead atoms. The van der Waals surface area contributed by atoms with E-state index in [0.29, 0.717) is 33.2 Å². The summed E-state index contributed by atoms with van der Waals surface area (Å²) in [5.41, 5.74) is 1.85. The Hall–Kier alpha value is -3.70. The van der Waals surface area contributed by atoms with Gasteiger partial charge in [-0.15, -0.1) is 0 Å². The van der Waals surface area contributed by atoms with Crippen molar-refractivity contribution >= 4 is 40.6 Å². The zero-order valence-corrected chi connectivity index (χ0v) is 16.8. The number of carbonyl (C=O) groups excluding carboxylic acids is 1. The second kappa shape index (κ2) is 8.35. The monoisotopic (exact) mass is 416 g/mol. The summed E-state index contributed by atoms with van der Waals surface area (Å²) in [5, 5.41) is 1.04. The SMILES string of the molecule is CC(=O)Oc1cccc(/C=C/c2nc3ccccc3c(=O)n2-c2cccc(Cl)c2)c1. The normalized spacial score (nSPS) is 11.1. The van der Waals surface area contributed by atoms with E-state index in [1.165, 1.54) is 11.5 Å². The average molecular weight is 417 g/mol. The van der Waals surface area contributed by atoms with Gasteiger partial charge in [-0.1, -0.05) is 48.0 Å². The van der Waals surface area contributed by atoms with Crippen molar-refractivity contribution in [1.29, 1.82) is 0 Å². The fourth-order valence-corrected chi connectivity index (χ4v) is 3.33. The molecule has 0 N–H and O–H groups in total. The number of esters is 1. The summed E-state index contributed by atoms with van der Waals surface area (Å²) in [7, 11) is 0. The van der Waals surface area contributed by atoms with Crippen LogP contribution in [0.4, 0.5) is 0 Å². The van der Waals surface area contributed by atoms with Crippen molar-refractivity contribution in [2.45, 2.75) is 6.92 Å². The highest BCUT2D eigenvalue weighted by atomic mass is 35.5. The van der Waals surface area contributed by atoms with Gasteiger partial charge in [0, 0.05) is 11.9 Å². The second-order valence-corrected chi connectivity index (χ2v) is 7.04. The van der Waals surface area contributed by atoms with Crippen LogP contribution in [0.1, 0.15) is 18.3 Å². The fraction of sp³-hybridized carbons (Fsp3) is 0.0417. The molecule has 0 saturated heterocycles. The highest BCUT2D eigenvalue weighted by molar-refractivity contribution is 6.30. The number of benzene rings is 3. The number of hydrogen-bond acceptors (Lipinski definition) is 4. The third-order valence-electron chi connectivity index (χ3n) is 4.41. The summed E-state index contributed by atoms with van der Waals surface area (Å²) in [6.45, 7) is 1.35. The molecular weight excluding hydrogens is 400 g/mol. The first kappa shape index (κ1) is 19.6. The maximum atomic E-state index is 13.2. The van der Waals surface area contributed by atoms with Crippen LogP contribution in [-0.4, -0.2) is 15.5 Å². The van der Waals surface area contributed by atoms with E-state index in [9.17, 15) is 9.59 Å². The lowest BCUT2D eigenvalue weighted by Crippen LogP contribution is -2.22. The molecule has 0 aliphatic rings. The highest BCUT2D eigenvalue weighted by Crippen LogP contribution is 2.19. The topological polar surface area (TPSA) is 61.2 Å². The molecule has 1 heterocycles. The molecule has 148 valence electrons. The molecule has 0 amide bonds. The summed E-state index contributed by atoms with van der Waals surface area (Å²) in [4.78, 5) is 29.1. The summed E-state index contributed by atoms with van der Waals surface area (Å²) >= 11 is 6.15. The van der Waals surface area contributed by atoms with Crippen molar-refractivity contribution in [2.24, 2.45) is 0 Å². The molecule has 4 aromatic rings. The Morgan fingerprint density at radius 2 is 1.80 bits per heavy atom. The largest absolute Gasteiger partial charge is 0.427 e. The van der Waals surface area contributed by atoms with Gasteiger partial charge in [-0.25, -0.2) is 4.98 Å². The van der Waals surface area contributed by atoms with Gasteiger partial charge in [-0.2, -0.15) is 0 Å². The molecule has 0 unspecified atom stereocenters. The number of carbonyl (C=O) groups is 1. The third-order valence-corrected chi connectivity index (χ3v) is 4.65. The molecule has 0 spiro atoms. The number of rotatable bonds is 4. The van der Waals surface area contributed by atoms with Gasteiger partial charge in [0.2, 0.25) is 0 Å². The van der Waals surface area contributed by atoms with E-state index in [4.69, 9.17) is 16.3 Å². The summed E-state index contributed by atoms with van der Waals surface area (Å²) in [5.74, 6) is 0.518. The van der Waals surface area contributed by atoms with Gasteiger partial charge in [0.25, 0.3) is 5.56 Å². The number of para-hydroxylation sites is 1. The molecule has 6 heteroatoms. The molecule has 30 heavy (non-hydrogen) atoms. The zero-order valence-electron chi connectivity index (χ0n) is 16.1. The molecule has 4 rings (SSSR count). The lowest BCUT2D eigenvalue weighted by Gasteiger charge is -2.11. The molecular formula is C24H17ClN2O3. The van der Waals surface area contributed by atoms with Crippen LogP contribution in [0.25, 0.3) is 28.7 Å². The van der Waals surface area contributed by atoms with Gasteiger partial charge in [0.15, 0.2) is 0 Å². The van der Waals surface area contributed by atoms with Crippen molar-refractivity contribution in [2.75, 3.05) is 0 Å². The van der Waals surface area contributed by atoms with Crippen LogP contribution >= 0.6 is 11.6 Å². The quantitative estimate of drug-likeness (QED) is 0.341. The minimum absolute atomic E-state index is 0.184. The summed E-state index contributed by atoms with van der Waals surface area (Å²) in [6, 6.07) is 21.4. The van der Waals surface area contributed by atoms with E-state index in [-0.39, 0.29) is 11.5 Å². The Morgan fingerprint density at radius 3 is 2.60 bits per heavy atom. The third kappa shape index (κ3) is 4.16. The predicted molar refractivity (Wildman–Crippen MR) is 119 cm³/mol. The maximum absolute atomic E-state index is 13.2. The Bertz CT molecular complexity index is 1340. The number of ether oxygens (including phenoxy) is 1. The van der Waals surface area contributed by atoms with E-state index in [1.807, 2.05) is 30.3 Å². The number of aromatic nitrogens is 2. The Labute approximate surface area is 177 Å². The van der Waals surface area contributed by atoms with Gasteiger partial charge in [0.05, 0.1) is 16.6 Å². The lowest BCUT2D eigenvalue weighted by atomic mass is 10.2. The molecule has 0 saturated carbocycles. The van der Waals surface area contributed by atoms with Crippen molar-refractivity contribution in [3.05, 3.63) is 99.6 Å². The van der Waals surface area contributed by atoms with E-state index < -0.39 is 0 Å². The number of halogens is 1. The fourth-order valence-electron chi connectivity index (χ4n) is 3.14. The molecule has 0 atom stereocenters. The van der Waals surface area contributed by atoms with E-state index in [2.05, 4.69) is 4.98 Å². The lowest BCUT2D eigenvalue weighted by molar-refractivity contribution is -0.131. The summed E-state index contributed by atoms with van der Waals surface area (Å²) < 4.78 is 6.66. The van der Waals surface area contributed by atoms with Crippen molar-refractivity contribution in [3.63, 3.8) is 0 Å². The van der Waals surface area contributed by atoms with Gasteiger partial charge in [-0.05, 0) is 54.1 Å². The van der Waals surface area contributed by atoms with Gasteiger partial charge < -0.3 is 4.74 Å². The van der Waals surface area contributed by atoms with Crippen molar-refractivity contribution < 1.29 is 9.53 Å². The van der Waals surface area contributed by atoms with Gasteiger partial charge in [-0.3, -0.25) is 14.2 Å². The minimum atomic E-state index is -0.387. The van der Waals surface area contributed by atoms with Crippen LogP contribution in [0.2, 0.25) is 5.02 Å².